The maximum atomic E-state index is 11.9. The molecule has 0 aromatic heterocycles. The molecule has 8 nitrogen and oxygen atoms in total. The minimum atomic E-state index is -1.21. The number of rotatable bonds is 7. The second-order valence-electron chi connectivity index (χ2n) is 4.29. The summed E-state index contributed by atoms with van der Waals surface area (Å²) in [5, 5.41) is 22.4. The van der Waals surface area contributed by atoms with Gasteiger partial charge >= 0.3 is 12.0 Å². The zero-order valence-electron chi connectivity index (χ0n) is 11.2. The Hall–Kier alpha value is -2.61. The fraction of sp³-hybridized carbons (Fsp3) is 0.308. The lowest BCUT2D eigenvalue weighted by Gasteiger charge is -2.13. The van der Waals surface area contributed by atoms with Crippen molar-refractivity contribution in [3.63, 3.8) is 0 Å². The van der Waals surface area contributed by atoms with Crippen molar-refractivity contribution in [3.8, 4) is 0 Å². The summed E-state index contributed by atoms with van der Waals surface area (Å²) < 4.78 is 0. The van der Waals surface area contributed by atoms with Crippen LogP contribution in [0.3, 0.4) is 0 Å². The molecule has 3 amide bonds. The summed E-state index contributed by atoms with van der Waals surface area (Å²) in [7, 11) is 0. The van der Waals surface area contributed by atoms with Crippen molar-refractivity contribution < 1.29 is 24.6 Å². The van der Waals surface area contributed by atoms with Crippen LogP contribution in [0.4, 0.5) is 4.79 Å². The molecule has 1 rings (SSSR count). The molecule has 0 saturated carbocycles. The smallest absolute Gasteiger partial charge is 0.326 e. The number of aliphatic hydroxyl groups is 1. The van der Waals surface area contributed by atoms with Gasteiger partial charge in [-0.1, -0.05) is 12.1 Å². The molecule has 6 N–H and O–H groups in total. The van der Waals surface area contributed by atoms with Gasteiger partial charge in [0.1, 0.15) is 6.04 Å². The van der Waals surface area contributed by atoms with Gasteiger partial charge in [0.25, 0.3) is 5.91 Å². The van der Waals surface area contributed by atoms with Crippen LogP contribution in [0.25, 0.3) is 0 Å². The molecule has 0 heterocycles. The summed E-state index contributed by atoms with van der Waals surface area (Å²) >= 11 is 0. The van der Waals surface area contributed by atoms with Gasteiger partial charge in [-0.15, -0.1) is 0 Å². The van der Waals surface area contributed by atoms with Gasteiger partial charge < -0.3 is 26.6 Å². The Morgan fingerprint density at radius 2 is 1.81 bits per heavy atom. The van der Waals surface area contributed by atoms with Gasteiger partial charge in [0.05, 0.1) is 0 Å². The van der Waals surface area contributed by atoms with Crippen molar-refractivity contribution in [3.05, 3.63) is 35.4 Å². The fourth-order valence-electron chi connectivity index (χ4n) is 1.59. The molecule has 1 aromatic carbocycles. The summed E-state index contributed by atoms with van der Waals surface area (Å²) in [6.45, 7) is -0.103. The fourth-order valence-corrected chi connectivity index (χ4v) is 1.59. The molecule has 0 radical (unpaired) electrons. The molecule has 0 aliphatic heterocycles. The Morgan fingerprint density at radius 1 is 1.19 bits per heavy atom. The predicted molar refractivity (Wildman–Crippen MR) is 73.5 cm³/mol. The van der Waals surface area contributed by atoms with Crippen LogP contribution in [0.1, 0.15) is 22.3 Å². The van der Waals surface area contributed by atoms with Crippen molar-refractivity contribution in [2.75, 3.05) is 6.61 Å². The number of benzene rings is 1. The minimum absolute atomic E-state index is 0.0678. The number of carboxylic acids is 1. The predicted octanol–water partition coefficient (Wildman–Crippen LogP) is -0.580. The van der Waals surface area contributed by atoms with Crippen molar-refractivity contribution in [1.82, 2.24) is 10.6 Å². The number of aliphatic hydroxyl groups excluding tert-OH is 1. The van der Waals surface area contributed by atoms with E-state index in [1.807, 2.05) is 0 Å². The van der Waals surface area contributed by atoms with E-state index in [1.165, 1.54) is 12.1 Å². The lowest BCUT2D eigenvalue weighted by atomic mass is 10.1. The highest BCUT2D eigenvalue weighted by molar-refractivity contribution is 5.96. The number of urea groups is 1. The third kappa shape index (κ3) is 5.49. The molecule has 1 aromatic rings. The highest BCUT2D eigenvalue weighted by Crippen LogP contribution is 2.05. The van der Waals surface area contributed by atoms with Gasteiger partial charge in [-0.3, -0.25) is 4.79 Å². The van der Waals surface area contributed by atoms with E-state index in [-0.39, 0.29) is 25.1 Å². The van der Waals surface area contributed by atoms with Gasteiger partial charge in [0.2, 0.25) is 0 Å². The number of carboxylic acid groups (broad SMARTS) is 1. The van der Waals surface area contributed by atoms with Crippen molar-refractivity contribution in [1.29, 1.82) is 0 Å². The number of primary amides is 1. The van der Waals surface area contributed by atoms with E-state index in [9.17, 15) is 14.4 Å². The summed E-state index contributed by atoms with van der Waals surface area (Å²) in [6, 6.07) is 4.46. The molecular formula is C13H17N3O5. The summed E-state index contributed by atoms with van der Waals surface area (Å²) in [6.07, 6.45) is -0.0678. The first-order valence-electron chi connectivity index (χ1n) is 6.20. The monoisotopic (exact) mass is 295 g/mol. The second-order valence-corrected chi connectivity index (χ2v) is 4.29. The average molecular weight is 295 g/mol. The standard InChI is InChI=1S/C13H17N3O5/c14-13(21)15-7-8-1-3-9(4-2-8)11(18)16-10(5-6-17)12(19)20/h1-4,10,17H,5-7H2,(H,16,18)(H,19,20)(H3,14,15,21)/t10-/m1/s1. The average Bonchev–Trinajstić information content (AvgIpc) is 2.45. The van der Waals surface area contributed by atoms with E-state index in [2.05, 4.69) is 10.6 Å². The molecule has 0 spiro atoms. The van der Waals surface area contributed by atoms with Crippen LogP contribution < -0.4 is 16.4 Å². The molecule has 0 saturated heterocycles. The first-order valence-corrected chi connectivity index (χ1v) is 6.20. The number of hydrogen-bond donors (Lipinski definition) is 5. The van der Waals surface area contributed by atoms with Crippen LogP contribution in [0, 0.1) is 0 Å². The molecular weight excluding hydrogens is 278 g/mol. The van der Waals surface area contributed by atoms with E-state index in [1.54, 1.807) is 12.1 Å². The largest absolute Gasteiger partial charge is 0.480 e. The van der Waals surface area contributed by atoms with Gasteiger partial charge in [-0.05, 0) is 17.7 Å². The van der Waals surface area contributed by atoms with Crippen LogP contribution in [0.5, 0.6) is 0 Å². The van der Waals surface area contributed by atoms with Crippen LogP contribution in [0.15, 0.2) is 24.3 Å². The second kappa shape index (κ2) is 7.85. The lowest BCUT2D eigenvalue weighted by molar-refractivity contribution is -0.139. The van der Waals surface area contributed by atoms with Crippen molar-refractivity contribution in [2.24, 2.45) is 5.73 Å². The minimum Gasteiger partial charge on any atom is -0.480 e. The van der Waals surface area contributed by atoms with Gasteiger partial charge in [0.15, 0.2) is 0 Å². The van der Waals surface area contributed by atoms with E-state index in [0.717, 1.165) is 5.56 Å². The third-order valence-corrected chi connectivity index (χ3v) is 2.70. The normalized spacial score (nSPS) is 11.5. The quantitative estimate of drug-likeness (QED) is 0.457. The van der Waals surface area contributed by atoms with Gasteiger partial charge in [-0.25, -0.2) is 9.59 Å². The Balaban J connectivity index is 2.65. The highest BCUT2D eigenvalue weighted by Gasteiger charge is 2.19. The van der Waals surface area contributed by atoms with Crippen molar-refractivity contribution in [2.45, 2.75) is 19.0 Å². The molecule has 0 aliphatic rings. The topological polar surface area (TPSA) is 142 Å². The summed E-state index contributed by atoms with van der Waals surface area (Å²) in [4.78, 5) is 33.3. The SMILES string of the molecule is NC(=O)NCc1ccc(C(=O)N[C@H](CCO)C(=O)O)cc1. The summed E-state index contributed by atoms with van der Waals surface area (Å²) in [5.41, 5.74) is 5.97. The highest BCUT2D eigenvalue weighted by atomic mass is 16.4. The first kappa shape index (κ1) is 16.4. The molecule has 8 heteroatoms. The van der Waals surface area contributed by atoms with E-state index in [4.69, 9.17) is 15.9 Å². The van der Waals surface area contributed by atoms with Crippen molar-refractivity contribution >= 4 is 17.9 Å². The molecule has 0 fully saturated rings. The van der Waals surface area contributed by atoms with Crippen LogP contribution in [-0.4, -0.2) is 40.8 Å². The van der Waals surface area contributed by atoms with E-state index >= 15 is 0 Å². The molecule has 114 valence electrons. The molecule has 1 atom stereocenters. The number of nitrogens with one attached hydrogen (secondary N) is 2. The zero-order chi connectivity index (χ0) is 15.8. The Kier molecular flexibility index (Phi) is 6.15. The van der Waals surface area contributed by atoms with Crippen LogP contribution in [0.2, 0.25) is 0 Å². The van der Waals surface area contributed by atoms with Gasteiger partial charge in [-0.2, -0.15) is 0 Å². The Labute approximate surface area is 120 Å². The maximum absolute atomic E-state index is 11.9. The number of carbonyl (C=O) groups is 3. The number of hydrogen-bond acceptors (Lipinski definition) is 4. The number of amides is 3. The Bertz CT molecular complexity index is 515. The zero-order valence-corrected chi connectivity index (χ0v) is 11.2. The molecule has 0 aliphatic carbocycles. The number of carbonyl (C=O) groups excluding carboxylic acids is 2. The van der Waals surface area contributed by atoms with E-state index in [0.29, 0.717) is 0 Å². The molecule has 21 heavy (non-hydrogen) atoms. The first-order chi connectivity index (χ1) is 9.93. The third-order valence-electron chi connectivity index (χ3n) is 2.70. The van der Waals surface area contributed by atoms with Crippen LogP contribution in [-0.2, 0) is 11.3 Å². The Morgan fingerprint density at radius 3 is 2.29 bits per heavy atom. The number of nitrogens with two attached hydrogens (primary N) is 1. The molecule has 0 unspecified atom stereocenters. The summed E-state index contributed by atoms with van der Waals surface area (Å²) in [5.74, 6) is -1.76. The molecule has 0 bridgehead atoms. The van der Waals surface area contributed by atoms with Gasteiger partial charge in [0, 0.05) is 25.1 Å². The number of aliphatic carboxylic acids is 1. The maximum Gasteiger partial charge on any atom is 0.326 e. The van der Waals surface area contributed by atoms with E-state index < -0.39 is 23.9 Å². The lowest BCUT2D eigenvalue weighted by Crippen LogP contribution is -2.41. The van der Waals surface area contributed by atoms with Crippen LogP contribution >= 0.6 is 0 Å².